The molecule has 1 aliphatic carbocycles. The van der Waals surface area contributed by atoms with Gasteiger partial charge in [-0.1, -0.05) is 34.6 Å². The van der Waals surface area contributed by atoms with Crippen LogP contribution < -0.4 is 21.7 Å². The van der Waals surface area contributed by atoms with E-state index < -0.39 is 134 Å². The second-order valence-corrected chi connectivity index (χ2v) is 17.0. The fourth-order valence-corrected chi connectivity index (χ4v) is 6.48. The molecule has 0 radical (unpaired) electrons. The quantitative estimate of drug-likeness (QED) is 0.0973. The van der Waals surface area contributed by atoms with Crippen LogP contribution in [0.4, 0.5) is 57.5 Å². The average molecular weight is 966 g/mol. The number of amides is 3. The first kappa shape index (κ1) is 59.0. The van der Waals surface area contributed by atoms with Crippen molar-refractivity contribution in [3.63, 3.8) is 0 Å². The van der Waals surface area contributed by atoms with Gasteiger partial charge in [0.15, 0.2) is 0 Å². The van der Waals surface area contributed by atoms with Crippen molar-refractivity contribution in [1.29, 1.82) is 0 Å². The molecule has 0 aromatic carbocycles. The second-order valence-electron chi connectivity index (χ2n) is 17.0. The summed E-state index contributed by atoms with van der Waals surface area (Å²) in [6.45, 7) is 14.5. The summed E-state index contributed by atoms with van der Waals surface area (Å²) in [5.74, 6) is -5.96. The molecule has 368 valence electrons. The minimum atomic E-state index is -6.02. The Balaban J connectivity index is 0.00000110. The van der Waals surface area contributed by atoms with Crippen LogP contribution in [0.5, 0.6) is 0 Å². The predicted molar refractivity (Wildman–Crippen MR) is 195 cm³/mol. The van der Waals surface area contributed by atoms with Crippen molar-refractivity contribution in [3.8, 4) is 0 Å². The Morgan fingerprint density at radius 3 is 1.75 bits per heavy atom. The van der Waals surface area contributed by atoms with Gasteiger partial charge in [0.2, 0.25) is 31.1 Å². The Bertz CT molecular complexity index is 1600. The van der Waals surface area contributed by atoms with Crippen LogP contribution in [0.25, 0.3) is 0 Å². The molecule has 0 bridgehead atoms. The van der Waals surface area contributed by atoms with Crippen molar-refractivity contribution in [2.75, 3.05) is 13.7 Å². The molecular formula is C35H52ClF12N5O10. The Morgan fingerprint density at radius 1 is 0.889 bits per heavy atom. The van der Waals surface area contributed by atoms with Crippen molar-refractivity contribution in [3.05, 3.63) is 0 Å². The van der Waals surface area contributed by atoms with E-state index in [4.69, 9.17) is 10.5 Å². The number of carboxylic acid groups (broad SMARTS) is 1. The number of nitrogens with one attached hydrogen (secondary N) is 3. The molecule has 2 heterocycles. The van der Waals surface area contributed by atoms with Gasteiger partial charge in [-0.05, 0) is 43.4 Å². The summed E-state index contributed by atoms with van der Waals surface area (Å²) < 4.78 is 159. The number of alkyl carbamates (subject to hydrolysis) is 1. The third kappa shape index (κ3) is 15.9. The lowest BCUT2D eigenvalue weighted by Crippen LogP contribution is -2.65. The standard InChI is InChI=1S/C23H37F2N3O6.C7H5F8NO2.C5H9F2NO2.ClH/c1-21(2,3)16(27-20(33)34-22(4,5)6)18(30)28-10-11-14(23(11,7)8)15(28)17(29)26-12(19(31)32)9-13(24)25;8-3(9)1-2-4(17)18-5(16-2,6(10,11)12)7(13,14)15;1-10-5(9)3(8)2-4(6)7;/h11-16H,9-10H2,1-8H3,(H,26,29)(H,27,33)(H,31,32);2-3,16H,1H2;3-4H,2,8H2,1H3;1H/t11-,12-,14-,15-,16+;2-;3-;/m000./s1. The van der Waals surface area contributed by atoms with Gasteiger partial charge in [-0.2, -0.15) is 26.3 Å². The van der Waals surface area contributed by atoms with E-state index in [1.54, 1.807) is 41.5 Å². The van der Waals surface area contributed by atoms with Crippen LogP contribution in [0.15, 0.2) is 0 Å². The number of nitrogens with two attached hydrogens (primary N) is 1. The summed E-state index contributed by atoms with van der Waals surface area (Å²) in [7, 11) is 1.10. The number of halogens is 13. The van der Waals surface area contributed by atoms with Gasteiger partial charge in [0.1, 0.15) is 35.8 Å². The fourth-order valence-electron chi connectivity index (χ4n) is 6.48. The van der Waals surface area contributed by atoms with Crippen LogP contribution in [0.3, 0.4) is 0 Å². The zero-order valence-corrected chi connectivity index (χ0v) is 36.0. The van der Waals surface area contributed by atoms with E-state index in [2.05, 4.69) is 20.1 Å². The monoisotopic (exact) mass is 965 g/mol. The number of methoxy groups -OCH3 is 1. The number of esters is 2. The molecule has 0 unspecified atom stereocenters. The summed E-state index contributed by atoms with van der Waals surface area (Å²) in [4.78, 5) is 73.1. The van der Waals surface area contributed by atoms with Crippen molar-refractivity contribution >= 4 is 48.2 Å². The number of ether oxygens (including phenoxy) is 3. The number of carbonyl (C=O) groups excluding carboxylic acids is 5. The van der Waals surface area contributed by atoms with Gasteiger partial charge >= 0.3 is 42.1 Å². The largest absolute Gasteiger partial charge is 0.480 e. The molecular weight excluding hydrogens is 914 g/mol. The van der Waals surface area contributed by atoms with Crippen molar-refractivity contribution in [2.24, 2.45) is 28.4 Å². The van der Waals surface area contributed by atoms with Gasteiger partial charge in [0.25, 0.3) is 0 Å². The van der Waals surface area contributed by atoms with Gasteiger partial charge < -0.3 is 40.6 Å². The SMILES string of the molecule is CC(C)(C)OC(=O)N[C@H](C(=O)N1C[C@H]2[C@@H]([C@H]1C(=O)N[C@@H](CC(F)F)C(=O)O)C2(C)C)C(C)(C)C.COC(=O)[C@@H](N)CC(F)F.Cl.O=C1OC(C(F)(F)F)(C(F)(F)F)N[C@H]1CC(F)F. The first-order valence-corrected chi connectivity index (χ1v) is 18.4. The maximum Gasteiger partial charge on any atom is 0.452 e. The zero-order chi connectivity index (χ0) is 48.9. The molecule has 6 N–H and O–H groups in total. The lowest BCUT2D eigenvalue weighted by molar-refractivity contribution is -0.369. The normalized spacial score (nSPS) is 22.7. The third-order valence-electron chi connectivity index (χ3n) is 9.63. The molecule has 3 aliphatic rings. The zero-order valence-electron chi connectivity index (χ0n) is 35.2. The van der Waals surface area contributed by atoms with Crippen LogP contribution in [-0.2, 0) is 38.2 Å². The molecule has 0 aromatic rings. The number of piperidine rings is 1. The van der Waals surface area contributed by atoms with Gasteiger partial charge in [0, 0.05) is 25.8 Å². The third-order valence-corrected chi connectivity index (χ3v) is 9.63. The minimum Gasteiger partial charge on any atom is -0.480 e. The van der Waals surface area contributed by atoms with Gasteiger partial charge in [-0.25, -0.2) is 35.9 Å². The van der Waals surface area contributed by atoms with E-state index in [-0.39, 0.29) is 36.2 Å². The lowest BCUT2D eigenvalue weighted by Gasteiger charge is -2.38. The molecule has 0 spiro atoms. The van der Waals surface area contributed by atoms with Crippen LogP contribution in [-0.4, -0.2) is 133 Å². The Labute approximate surface area is 359 Å². The van der Waals surface area contributed by atoms with Crippen LogP contribution in [0, 0.1) is 22.7 Å². The first-order chi connectivity index (χ1) is 27.7. The first-order valence-electron chi connectivity index (χ1n) is 18.4. The molecule has 3 fully saturated rings. The van der Waals surface area contributed by atoms with E-state index >= 15 is 0 Å². The topological polar surface area (TPSA) is 216 Å². The highest BCUT2D eigenvalue weighted by atomic mass is 35.5. The number of fused-ring (bicyclic) bond motifs is 1. The second kappa shape index (κ2) is 21.8. The van der Waals surface area contributed by atoms with Crippen LogP contribution >= 0.6 is 12.4 Å². The fraction of sp³-hybridized carbons (Fsp3) is 0.829. The van der Waals surface area contributed by atoms with Gasteiger partial charge in [-0.3, -0.25) is 24.5 Å². The van der Waals surface area contributed by atoms with E-state index in [0.29, 0.717) is 0 Å². The lowest BCUT2D eigenvalue weighted by atomic mass is 9.85. The number of hydrogen-bond acceptors (Lipinski definition) is 11. The number of hydrogen-bond donors (Lipinski definition) is 5. The highest BCUT2D eigenvalue weighted by Crippen LogP contribution is 2.65. The van der Waals surface area contributed by atoms with E-state index in [9.17, 15) is 86.6 Å². The summed E-state index contributed by atoms with van der Waals surface area (Å²) >= 11 is 0. The molecule has 7 atom stereocenters. The molecule has 2 aliphatic heterocycles. The number of nitrogens with zero attached hydrogens (tertiary/aromatic N) is 1. The number of carbonyl (C=O) groups is 6. The summed E-state index contributed by atoms with van der Waals surface area (Å²) in [5.41, 5.74) is -1.75. The number of aliphatic carboxylic acids is 1. The van der Waals surface area contributed by atoms with Crippen molar-refractivity contribution in [2.45, 2.75) is 148 Å². The highest BCUT2D eigenvalue weighted by molar-refractivity contribution is 5.94. The number of rotatable bonds is 12. The summed E-state index contributed by atoms with van der Waals surface area (Å²) in [6, 6.07) is -7.41. The number of likely N-dealkylation sites (tertiary alicyclic amines) is 1. The Hall–Kier alpha value is -4.01. The Morgan fingerprint density at radius 2 is 1.38 bits per heavy atom. The maximum atomic E-state index is 13.6. The predicted octanol–water partition coefficient (Wildman–Crippen LogP) is 5.17. The summed E-state index contributed by atoms with van der Waals surface area (Å²) in [6.07, 6.45) is -24.7. The van der Waals surface area contributed by atoms with Crippen LogP contribution in [0.1, 0.15) is 74.7 Å². The molecule has 63 heavy (non-hydrogen) atoms. The minimum absolute atomic E-state index is 0. The molecule has 3 amide bonds. The van der Waals surface area contributed by atoms with Gasteiger partial charge in [-0.15, -0.1) is 12.4 Å². The van der Waals surface area contributed by atoms with E-state index in [0.717, 1.165) is 12.4 Å². The average Bonchev–Trinajstić information content (AvgIpc) is 3.36. The Kier molecular flexibility index (Phi) is 20.4. The van der Waals surface area contributed by atoms with Crippen molar-refractivity contribution in [1.82, 2.24) is 20.9 Å². The van der Waals surface area contributed by atoms with Crippen LogP contribution in [0.2, 0.25) is 0 Å². The number of cyclic esters (lactones) is 1. The molecule has 2 saturated heterocycles. The molecule has 28 heteroatoms. The number of alkyl halides is 12. The van der Waals surface area contributed by atoms with Crippen molar-refractivity contribution < 1.29 is 101 Å². The molecule has 1 saturated carbocycles. The number of carboxylic acids is 1. The highest BCUT2D eigenvalue weighted by Gasteiger charge is 2.78. The molecule has 0 aromatic heterocycles. The molecule has 15 nitrogen and oxygen atoms in total. The maximum absolute atomic E-state index is 13.6. The van der Waals surface area contributed by atoms with E-state index in [1.165, 1.54) is 4.90 Å². The smallest absolute Gasteiger partial charge is 0.452 e. The van der Waals surface area contributed by atoms with Gasteiger partial charge in [0.05, 0.1) is 7.11 Å². The molecule has 3 rings (SSSR count). The van der Waals surface area contributed by atoms with E-state index in [1.807, 2.05) is 13.8 Å². The summed E-state index contributed by atoms with van der Waals surface area (Å²) in [5, 5.41) is 14.8.